The third-order valence-electron chi connectivity index (χ3n) is 3.52. The number of hydrogen-bond acceptors (Lipinski definition) is 5. The second-order valence-corrected chi connectivity index (χ2v) is 6.41. The maximum absolute atomic E-state index is 12.1. The number of benzene rings is 1. The van der Waals surface area contributed by atoms with Crippen LogP contribution < -0.4 is 11.2 Å². The summed E-state index contributed by atoms with van der Waals surface area (Å²) >= 11 is 0. The van der Waals surface area contributed by atoms with Crippen LogP contribution >= 0.6 is 0 Å². The average Bonchev–Trinajstić information content (AvgIpc) is 2.95. The number of aryl methyl sites for hydroxylation is 1. The van der Waals surface area contributed by atoms with Crippen LogP contribution in [-0.4, -0.2) is 61.6 Å². The fraction of sp³-hybridized carbons (Fsp3) is 0.154. The molecule has 0 atom stereocenters. The number of fused-ring (bicyclic) bond motifs is 1. The zero-order valence-corrected chi connectivity index (χ0v) is 13.0. The molecule has 24 heavy (non-hydrogen) atoms. The number of nitrogens with one attached hydrogen (secondary N) is 1. The predicted octanol–water partition coefficient (Wildman–Crippen LogP) is -0.774. The van der Waals surface area contributed by atoms with Crippen molar-refractivity contribution >= 4 is 50.8 Å². The fourth-order valence-electron chi connectivity index (χ4n) is 2.25. The summed E-state index contributed by atoms with van der Waals surface area (Å²) in [6, 6.07) is 5.30. The number of rotatable bonds is 2. The van der Waals surface area contributed by atoms with Gasteiger partial charge < -0.3 is 4.98 Å². The number of aromatic amines is 1. The van der Waals surface area contributed by atoms with E-state index in [1.807, 2.05) is 0 Å². The van der Waals surface area contributed by atoms with E-state index in [2.05, 4.69) is 9.97 Å². The van der Waals surface area contributed by atoms with Gasteiger partial charge in [0, 0.05) is 19.7 Å². The monoisotopic (exact) mass is 360 g/mol. The zero-order chi connectivity index (χ0) is 16.9. The van der Waals surface area contributed by atoms with Crippen LogP contribution in [0.4, 0.5) is 0 Å². The van der Waals surface area contributed by atoms with E-state index >= 15 is 0 Å². The van der Waals surface area contributed by atoms with Crippen molar-refractivity contribution in [1.29, 1.82) is 0 Å². The zero-order valence-electron chi connectivity index (χ0n) is 12.1. The number of nitrogens with zero attached hydrogens (tertiary/aromatic N) is 3. The fourth-order valence-corrected chi connectivity index (χ4v) is 2.73. The molecule has 0 saturated heterocycles. The first-order chi connectivity index (χ1) is 10.7. The molecule has 0 spiro atoms. The molecular formula is C13H13N4NaO5S. The molecule has 2 aromatic heterocycles. The van der Waals surface area contributed by atoms with Crippen molar-refractivity contribution < 1.29 is 13.0 Å². The second kappa shape index (κ2) is 6.30. The number of imidazole rings is 1. The standard InChI is InChI=1S/C13H12N4O5S.Na.H/c1-16-11-9(12(18)17(2)13(16)19)14-10(15-11)7-3-5-8(6-4-7)23(20,21)22;;/h3-6H,1-2H3,(H,14,15)(H,20,21,22);;. The molecule has 2 heterocycles. The molecular weight excluding hydrogens is 347 g/mol. The molecule has 0 aliphatic heterocycles. The van der Waals surface area contributed by atoms with E-state index in [4.69, 9.17) is 4.55 Å². The van der Waals surface area contributed by atoms with Gasteiger partial charge in [0.05, 0.1) is 4.90 Å². The molecule has 0 aliphatic carbocycles. The third-order valence-corrected chi connectivity index (χ3v) is 4.39. The summed E-state index contributed by atoms with van der Waals surface area (Å²) in [6.07, 6.45) is 0. The first-order valence-corrected chi connectivity index (χ1v) is 7.88. The van der Waals surface area contributed by atoms with Gasteiger partial charge in [0.2, 0.25) is 0 Å². The summed E-state index contributed by atoms with van der Waals surface area (Å²) in [6.45, 7) is 0. The van der Waals surface area contributed by atoms with E-state index in [-0.39, 0.29) is 45.6 Å². The van der Waals surface area contributed by atoms with Crippen molar-refractivity contribution in [3.05, 3.63) is 45.1 Å². The van der Waals surface area contributed by atoms with Gasteiger partial charge in [-0.3, -0.25) is 18.5 Å². The van der Waals surface area contributed by atoms with Gasteiger partial charge in [-0.05, 0) is 24.3 Å². The SMILES string of the molecule is Cn1c(=O)c2[nH]c(-c3ccc(S(=O)(=O)O)cc3)nc2n(C)c1=O.[NaH]. The van der Waals surface area contributed by atoms with Gasteiger partial charge in [-0.1, -0.05) is 0 Å². The van der Waals surface area contributed by atoms with Crippen LogP contribution in [0.25, 0.3) is 22.6 Å². The summed E-state index contributed by atoms with van der Waals surface area (Å²) in [5, 5.41) is 0. The summed E-state index contributed by atoms with van der Waals surface area (Å²) < 4.78 is 33.2. The van der Waals surface area contributed by atoms with Crippen molar-refractivity contribution in [2.75, 3.05) is 0 Å². The predicted molar refractivity (Wildman–Crippen MR) is 89.0 cm³/mol. The van der Waals surface area contributed by atoms with Gasteiger partial charge in [-0.2, -0.15) is 8.42 Å². The van der Waals surface area contributed by atoms with E-state index in [9.17, 15) is 18.0 Å². The van der Waals surface area contributed by atoms with Crippen LogP contribution in [0.5, 0.6) is 0 Å². The van der Waals surface area contributed by atoms with Gasteiger partial charge >= 0.3 is 35.2 Å². The third kappa shape index (κ3) is 2.98. The summed E-state index contributed by atoms with van der Waals surface area (Å²) in [7, 11) is -1.42. The van der Waals surface area contributed by atoms with Crippen molar-refractivity contribution in [2.24, 2.45) is 14.1 Å². The molecule has 11 heteroatoms. The van der Waals surface area contributed by atoms with Crippen LogP contribution in [0.15, 0.2) is 38.8 Å². The Labute approximate surface area is 158 Å². The molecule has 0 unspecified atom stereocenters. The first-order valence-electron chi connectivity index (χ1n) is 6.44. The number of aromatic nitrogens is 4. The Balaban J connectivity index is 0.00000208. The van der Waals surface area contributed by atoms with Gasteiger partial charge in [0.25, 0.3) is 15.7 Å². The minimum atomic E-state index is -4.28. The van der Waals surface area contributed by atoms with E-state index < -0.39 is 21.4 Å². The van der Waals surface area contributed by atoms with E-state index in [1.165, 1.54) is 42.9 Å². The summed E-state index contributed by atoms with van der Waals surface area (Å²) in [5.74, 6) is 0.306. The van der Waals surface area contributed by atoms with Crippen LogP contribution in [0.1, 0.15) is 0 Å². The maximum atomic E-state index is 12.1. The minimum absolute atomic E-state index is 0. The van der Waals surface area contributed by atoms with Crippen LogP contribution in [0, 0.1) is 0 Å². The van der Waals surface area contributed by atoms with E-state index in [0.29, 0.717) is 11.4 Å². The summed E-state index contributed by atoms with van der Waals surface area (Å²) in [5.41, 5.74) is -0.128. The molecule has 1 aromatic carbocycles. The number of hydrogen-bond donors (Lipinski definition) is 2. The Bertz CT molecular complexity index is 1140. The molecule has 2 N–H and O–H groups in total. The molecule has 0 radical (unpaired) electrons. The van der Waals surface area contributed by atoms with Gasteiger partial charge in [-0.25, -0.2) is 9.78 Å². The Morgan fingerprint density at radius 2 is 1.67 bits per heavy atom. The molecule has 0 fully saturated rings. The Hall–Kier alpha value is -1.72. The van der Waals surface area contributed by atoms with Crippen molar-refractivity contribution in [3.63, 3.8) is 0 Å². The van der Waals surface area contributed by atoms with Crippen molar-refractivity contribution in [1.82, 2.24) is 19.1 Å². The van der Waals surface area contributed by atoms with Gasteiger partial charge in [0.1, 0.15) is 11.3 Å². The molecule has 9 nitrogen and oxygen atoms in total. The quantitative estimate of drug-likeness (QED) is 0.456. The van der Waals surface area contributed by atoms with Crippen LogP contribution in [-0.2, 0) is 24.2 Å². The first kappa shape index (κ1) is 18.6. The summed E-state index contributed by atoms with van der Waals surface area (Å²) in [4.78, 5) is 30.8. The van der Waals surface area contributed by atoms with Crippen molar-refractivity contribution in [3.8, 4) is 11.4 Å². The molecule has 122 valence electrons. The van der Waals surface area contributed by atoms with Crippen LogP contribution in [0.3, 0.4) is 0 Å². The molecule has 3 aromatic rings. The molecule has 0 bridgehead atoms. The molecule has 0 aliphatic rings. The number of H-pyrrole nitrogens is 1. The van der Waals surface area contributed by atoms with Crippen molar-refractivity contribution in [2.45, 2.75) is 4.90 Å². The topological polar surface area (TPSA) is 127 Å². The molecule has 0 amide bonds. The van der Waals surface area contributed by atoms with Gasteiger partial charge in [0.15, 0.2) is 5.65 Å². The Kier molecular flexibility index (Phi) is 4.88. The molecule has 0 saturated carbocycles. The van der Waals surface area contributed by atoms with Crippen LogP contribution in [0.2, 0.25) is 0 Å². The molecule has 3 rings (SSSR count). The Morgan fingerprint density at radius 1 is 1.08 bits per heavy atom. The van der Waals surface area contributed by atoms with E-state index in [1.54, 1.807) is 0 Å². The second-order valence-electron chi connectivity index (χ2n) is 4.99. The normalized spacial score (nSPS) is 11.5. The Morgan fingerprint density at radius 3 is 2.21 bits per heavy atom. The van der Waals surface area contributed by atoms with E-state index in [0.717, 1.165) is 4.57 Å². The average molecular weight is 360 g/mol. The van der Waals surface area contributed by atoms with Gasteiger partial charge in [-0.15, -0.1) is 0 Å².